The number of nitrogens with one attached hydrogen (secondary N) is 1. The minimum Gasteiger partial charge on any atom is -0.382 e. The normalized spacial score (nSPS) is 12.8. The average Bonchev–Trinajstić information content (AvgIpc) is 3.12. The van der Waals surface area contributed by atoms with Gasteiger partial charge in [-0.1, -0.05) is 34.6 Å². The molecule has 1 aromatic heterocycles. The van der Waals surface area contributed by atoms with Crippen LogP contribution in [0.25, 0.3) is 11.0 Å². The van der Waals surface area contributed by atoms with Gasteiger partial charge in [-0.25, -0.2) is 8.42 Å². The summed E-state index contributed by atoms with van der Waals surface area (Å²) in [6.07, 6.45) is -0.901. The topological polar surface area (TPSA) is 106 Å². The van der Waals surface area contributed by atoms with Gasteiger partial charge in [-0.05, 0) is 54.6 Å². The summed E-state index contributed by atoms with van der Waals surface area (Å²) in [7, 11) is -3.65. The third-order valence-corrected chi connectivity index (χ3v) is 7.04. The summed E-state index contributed by atoms with van der Waals surface area (Å²) in [5.41, 5.74) is 1.43. The summed E-state index contributed by atoms with van der Waals surface area (Å²) >= 11 is 3.34. The van der Waals surface area contributed by atoms with E-state index in [9.17, 15) is 13.2 Å². The predicted octanol–water partition coefficient (Wildman–Crippen LogP) is 2.68. The summed E-state index contributed by atoms with van der Waals surface area (Å²) < 4.78 is 27.8. The summed E-state index contributed by atoms with van der Waals surface area (Å²) in [5.74, 6) is -0.382. The summed E-state index contributed by atoms with van der Waals surface area (Å²) in [4.78, 5) is 19.2. The summed E-state index contributed by atoms with van der Waals surface area (Å²) in [5, 5.41) is 10.6. The van der Waals surface area contributed by atoms with E-state index in [1.165, 1.54) is 16.4 Å². The van der Waals surface area contributed by atoms with Crippen molar-refractivity contribution in [2.75, 3.05) is 18.4 Å². The molecule has 0 bridgehead atoms. The van der Waals surface area contributed by atoms with Crippen LogP contribution in [-0.4, -0.2) is 53.0 Å². The number of anilines is 1. The molecule has 0 aliphatic carbocycles. The van der Waals surface area contributed by atoms with Crippen molar-refractivity contribution in [2.45, 2.75) is 31.8 Å². The van der Waals surface area contributed by atoms with Crippen LogP contribution in [0.3, 0.4) is 0 Å². The largest absolute Gasteiger partial charge is 0.382 e. The van der Waals surface area contributed by atoms with Crippen LogP contribution < -0.4 is 10.2 Å². The molecule has 0 aliphatic rings. The highest BCUT2D eigenvalue weighted by Gasteiger charge is 2.24. The van der Waals surface area contributed by atoms with Crippen LogP contribution >= 0.6 is 15.9 Å². The molecule has 0 spiro atoms. The van der Waals surface area contributed by atoms with Crippen molar-refractivity contribution in [1.82, 2.24) is 19.5 Å². The maximum Gasteiger partial charge on any atom is 0.267 e. The fourth-order valence-electron chi connectivity index (χ4n) is 2.80. The third-order valence-electron chi connectivity index (χ3n) is 4.47. The van der Waals surface area contributed by atoms with Gasteiger partial charge < -0.3 is 10.2 Å². The van der Waals surface area contributed by atoms with Gasteiger partial charge in [-0.3, -0.25) is 4.79 Å². The van der Waals surface area contributed by atoms with E-state index in [4.69, 9.17) is 4.84 Å². The molecule has 1 N–H and O–H groups in total. The predicted molar refractivity (Wildman–Crippen MR) is 116 cm³/mol. The lowest BCUT2D eigenvalue weighted by Crippen LogP contribution is -2.35. The Labute approximate surface area is 183 Å². The van der Waals surface area contributed by atoms with E-state index in [0.29, 0.717) is 29.8 Å². The monoisotopic (exact) mass is 495 g/mol. The van der Waals surface area contributed by atoms with Crippen LogP contribution in [0.2, 0.25) is 0 Å². The summed E-state index contributed by atoms with van der Waals surface area (Å²) in [6, 6.07) is 11.6. The Morgan fingerprint density at radius 3 is 2.50 bits per heavy atom. The molecule has 1 atom stereocenters. The Morgan fingerprint density at radius 2 is 1.87 bits per heavy atom. The van der Waals surface area contributed by atoms with E-state index in [1.807, 2.05) is 12.1 Å². The standard InChI is InChI=1S/C19H22BrN5O4S/c1-4-24(5-2)30(27,28)16-10-11-17-18(12-16)25(23-22-17)29-13(3)19(26)21-15-8-6-14(20)7-9-15/h6-13H,4-5H2,1-3H3,(H,21,26). The van der Waals surface area contributed by atoms with Gasteiger partial charge in [0.15, 0.2) is 0 Å². The van der Waals surface area contributed by atoms with Crippen molar-refractivity contribution in [3.05, 3.63) is 46.9 Å². The molecule has 0 aliphatic heterocycles. The first kappa shape index (κ1) is 22.2. The number of sulfonamides is 1. The maximum absolute atomic E-state index is 12.8. The zero-order valence-corrected chi connectivity index (χ0v) is 19.1. The SMILES string of the molecule is CCN(CC)S(=O)(=O)c1ccc2nnn(OC(C)C(=O)Nc3ccc(Br)cc3)c2c1. The fraction of sp³-hybridized carbons (Fsp3) is 0.316. The Morgan fingerprint density at radius 1 is 1.20 bits per heavy atom. The van der Waals surface area contributed by atoms with Gasteiger partial charge in [0.25, 0.3) is 5.91 Å². The lowest BCUT2D eigenvalue weighted by molar-refractivity contribution is -0.127. The third kappa shape index (κ3) is 4.63. The van der Waals surface area contributed by atoms with Gasteiger partial charge in [0.2, 0.25) is 16.1 Å². The molecule has 11 heteroatoms. The van der Waals surface area contributed by atoms with E-state index < -0.39 is 16.1 Å². The van der Waals surface area contributed by atoms with Crippen LogP contribution in [0.5, 0.6) is 0 Å². The highest BCUT2D eigenvalue weighted by molar-refractivity contribution is 9.10. The Balaban J connectivity index is 1.82. The Kier molecular flexibility index (Phi) is 6.74. The van der Waals surface area contributed by atoms with E-state index in [-0.39, 0.29) is 10.8 Å². The zero-order chi connectivity index (χ0) is 21.9. The molecule has 1 amide bonds. The molecular weight excluding hydrogens is 474 g/mol. The molecule has 0 radical (unpaired) electrons. The van der Waals surface area contributed by atoms with Crippen LogP contribution in [0.15, 0.2) is 51.8 Å². The van der Waals surface area contributed by atoms with Crippen molar-refractivity contribution in [3.63, 3.8) is 0 Å². The number of amides is 1. The number of hydrogen-bond donors (Lipinski definition) is 1. The van der Waals surface area contributed by atoms with Crippen molar-refractivity contribution in [2.24, 2.45) is 0 Å². The van der Waals surface area contributed by atoms with Crippen LogP contribution in [0.4, 0.5) is 5.69 Å². The van der Waals surface area contributed by atoms with Gasteiger partial charge in [0, 0.05) is 23.2 Å². The molecule has 9 nitrogen and oxygen atoms in total. The lowest BCUT2D eigenvalue weighted by Gasteiger charge is -2.18. The molecule has 0 saturated heterocycles. The number of hydrogen-bond acceptors (Lipinski definition) is 6. The second-order valence-corrected chi connectivity index (χ2v) is 9.30. The van der Waals surface area contributed by atoms with Crippen molar-refractivity contribution in [1.29, 1.82) is 0 Å². The van der Waals surface area contributed by atoms with Crippen LogP contribution in [0, 0.1) is 0 Å². The van der Waals surface area contributed by atoms with Gasteiger partial charge >= 0.3 is 0 Å². The molecule has 1 heterocycles. The number of carbonyl (C=O) groups excluding carboxylic acids is 1. The molecule has 160 valence electrons. The van der Waals surface area contributed by atoms with Gasteiger partial charge in [0.1, 0.15) is 11.0 Å². The molecule has 30 heavy (non-hydrogen) atoms. The van der Waals surface area contributed by atoms with Gasteiger partial charge in [-0.2, -0.15) is 4.31 Å². The first-order valence-corrected chi connectivity index (χ1v) is 11.6. The number of carbonyl (C=O) groups is 1. The Bertz CT molecular complexity index is 1140. The molecular formula is C19H22BrN5O4S. The molecule has 3 aromatic rings. The number of rotatable bonds is 8. The lowest BCUT2D eigenvalue weighted by atomic mass is 10.3. The first-order valence-electron chi connectivity index (χ1n) is 9.35. The smallest absolute Gasteiger partial charge is 0.267 e. The molecule has 0 fully saturated rings. The second kappa shape index (κ2) is 9.11. The number of halogens is 1. The number of nitrogens with zero attached hydrogens (tertiary/aromatic N) is 4. The van der Waals surface area contributed by atoms with E-state index >= 15 is 0 Å². The van der Waals surface area contributed by atoms with Crippen LogP contribution in [0.1, 0.15) is 20.8 Å². The highest BCUT2D eigenvalue weighted by atomic mass is 79.9. The van der Waals surface area contributed by atoms with Crippen molar-refractivity contribution < 1.29 is 18.0 Å². The van der Waals surface area contributed by atoms with E-state index in [2.05, 4.69) is 31.6 Å². The van der Waals surface area contributed by atoms with Crippen molar-refractivity contribution >= 4 is 48.6 Å². The fourth-order valence-corrected chi connectivity index (χ4v) is 4.55. The number of fused-ring (bicyclic) bond motifs is 1. The van der Waals surface area contributed by atoms with Crippen LogP contribution in [-0.2, 0) is 14.8 Å². The molecule has 2 aromatic carbocycles. The second-order valence-electron chi connectivity index (χ2n) is 6.45. The minimum atomic E-state index is -3.65. The molecule has 3 rings (SSSR count). The zero-order valence-electron chi connectivity index (χ0n) is 16.7. The van der Waals surface area contributed by atoms with E-state index in [1.54, 1.807) is 39.0 Å². The maximum atomic E-state index is 12.8. The van der Waals surface area contributed by atoms with Gasteiger partial charge in [0.05, 0.1) is 4.90 Å². The number of aromatic nitrogens is 3. The Hall–Kier alpha value is -2.50. The van der Waals surface area contributed by atoms with Gasteiger partial charge in [-0.15, -0.1) is 5.10 Å². The first-order chi connectivity index (χ1) is 14.3. The average molecular weight is 496 g/mol. The van der Waals surface area contributed by atoms with E-state index in [0.717, 1.165) is 9.32 Å². The minimum absolute atomic E-state index is 0.109. The number of benzene rings is 2. The van der Waals surface area contributed by atoms with Crippen molar-refractivity contribution in [3.8, 4) is 0 Å². The highest BCUT2D eigenvalue weighted by Crippen LogP contribution is 2.21. The quantitative estimate of drug-likeness (QED) is 0.514. The molecule has 0 saturated carbocycles. The summed E-state index contributed by atoms with van der Waals surface area (Å²) in [6.45, 7) is 5.84. The molecule has 1 unspecified atom stereocenters.